The molecule has 8 rings (SSSR count). The minimum atomic E-state index is -4.67. The molecule has 7 atom stereocenters. The molecule has 3 amide bonds. The Morgan fingerprint density at radius 2 is 1.74 bits per heavy atom. The predicted molar refractivity (Wildman–Crippen MR) is 181 cm³/mol. The average molecular weight is 742 g/mol. The van der Waals surface area contributed by atoms with E-state index in [9.17, 15) is 32.3 Å². The summed E-state index contributed by atoms with van der Waals surface area (Å²) < 4.78 is 51.8. The maximum Gasteiger partial charge on any atom is 0.418 e. The highest BCUT2D eigenvalue weighted by Crippen LogP contribution is 2.69. The van der Waals surface area contributed by atoms with Crippen LogP contribution in [0.2, 0.25) is 5.02 Å². The van der Waals surface area contributed by atoms with E-state index in [0.29, 0.717) is 33.5 Å². The summed E-state index contributed by atoms with van der Waals surface area (Å²) in [5.41, 5.74) is -0.316. The second-order valence-corrected chi connectivity index (χ2v) is 15.4. The number of aromatic amines is 1. The summed E-state index contributed by atoms with van der Waals surface area (Å²) in [5, 5.41) is 3.22. The first-order valence-corrected chi connectivity index (χ1v) is 17.8. The fraction of sp³-hybridized carbons (Fsp3) is 0.314. The van der Waals surface area contributed by atoms with Crippen molar-refractivity contribution in [2.45, 2.75) is 28.8 Å². The number of thiazole rings is 1. The number of alkyl halides is 3. The normalized spacial score (nSPS) is 26.4. The maximum atomic E-state index is 14.1. The van der Waals surface area contributed by atoms with Crippen molar-refractivity contribution in [3.63, 3.8) is 0 Å². The minimum absolute atomic E-state index is 0.120. The smallest absolute Gasteiger partial charge is 0.418 e. The Morgan fingerprint density at radius 3 is 2.46 bits per heavy atom. The molecule has 0 spiro atoms. The van der Waals surface area contributed by atoms with Crippen molar-refractivity contribution in [3.8, 4) is 11.5 Å². The number of fused-ring (bicyclic) bond motifs is 9. The van der Waals surface area contributed by atoms with Gasteiger partial charge >= 0.3 is 11.0 Å². The van der Waals surface area contributed by atoms with Crippen LogP contribution in [-0.2, 0) is 20.6 Å². The number of para-hydroxylation sites is 1. The number of ether oxygens (including phenoxy) is 2. The minimum Gasteiger partial charge on any atom is -0.497 e. The molecule has 1 saturated heterocycles. The Bertz CT molecular complexity index is 2100. The van der Waals surface area contributed by atoms with Gasteiger partial charge in [-0.15, -0.1) is 11.8 Å². The third-order valence-corrected chi connectivity index (χ3v) is 13.1. The lowest BCUT2D eigenvalue weighted by molar-refractivity contribution is -0.137. The molecule has 3 fully saturated rings. The van der Waals surface area contributed by atoms with Crippen molar-refractivity contribution in [2.75, 3.05) is 23.9 Å². The summed E-state index contributed by atoms with van der Waals surface area (Å²) in [6, 6.07) is 16.3. The third-order valence-electron chi connectivity index (χ3n) is 10.2. The van der Waals surface area contributed by atoms with Gasteiger partial charge in [0.25, 0.3) is 5.91 Å². The van der Waals surface area contributed by atoms with Gasteiger partial charge in [0.2, 0.25) is 11.8 Å². The molecule has 15 heteroatoms. The van der Waals surface area contributed by atoms with E-state index in [1.54, 1.807) is 42.5 Å². The molecule has 2 saturated carbocycles. The number of rotatable bonds is 7. The number of anilines is 2. The van der Waals surface area contributed by atoms with E-state index in [-0.39, 0.29) is 45.4 Å². The van der Waals surface area contributed by atoms with Crippen molar-refractivity contribution >= 4 is 63.8 Å². The van der Waals surface area contributed by atoms with Gasteiger partial charge < -0.3 is 19.8 Å². The van der Waals surface area contributed by atoms with Crippen LogP contribution in [0.1, 0.15) is 28.3 Å². The molecule has 50 heavy (non-hydrogen) atoms. The molecule has 2 bridgehead atoms. The van der Waals surface area contributed by atoms with Gasteiger partial charge in [0.1, 0.15) is 11.5 Å². The van der Waals surface area contributed by atoms with E-state index < -0.39 is 47.7 Å². The standard InChI is InChI=1S/C35H27ClF3N3O6S2/c1-47-17-9-7-16(8-10-17)42-32(44)27-19-13-20(28(27)33(42)45)29-26(19)25(30-31(49-29)41-34(46)50-30)18-12-15(36)6-11-23(18)48-14-24(43)40-22-5-3-2-4-21(22)35(37,38)39/h2-12,19-20,25-29H,13-14H2,1H3,(H,40,43)(H,41,46)/t19-,20-,25-,26?,27?,28?,29?/m1/s1. The van der Waals surface area contributed by atoms with Gasteiger partial charge in [-0.1, -0.05) is 35.1 Å². The summed E-state index contributed by atoms with van der Waals surface area (Å²) >= 11 is 9.11. The second-order valence-electron chi connectivity index (χ2n) is 12.7. The highest BCUT2D eigenvalue weighted by Gasteiger charge is 2.70. The van der Waals surface area contributed by atoms with Gasteiger partial charge in [-0.3, -0.25) is 24.1 Å². The molecule has 4 aromatic rings. The second kappa shape index (κ2) is 12.2. The number of methoxy groups -OCH3 is 1. The van der Waals surface area contributed by atoms with Crippen LogP contribution in [0.5, 0.6) is 11.5 Å². The molecule has 1 aromatic heterocycles. The number of H-pyrrole nitrogens is 1. The molecule has 258 valence electrons. The van der Waals surface area contributed by atoms with Crippen LogP contribution in [0.25, 0.3) is 0 Å². The summed E-state index contributed by atoms with van der Waals surface area (Å²) in [7, 11) is 1.54. The summed E-state index contributed by atoms with van der Waals surface area (Å²) in [4.78, 5) is 58.4. The molecular weight excluding hydrogens is 715 g/mol. The van der Waals surface area contributed by atoms with Gasteiger partial charge in [0.05, 0.1) is 40.9 Å². The SMILES string of the molecule is COc1ccc(N2C(=O)C3C(C2=O)[C@@H]2C[C@H]3C3Sc4[nH]c(=O)sc4[C@H](c4cc(Cl)ccc4OCC(=O)Nc4ccccc4C(F)(F)F)C32)cc1. The van der Waals surface area contributed by atoms with Crippen LogP contribution in [0.4, 0.5) is 24.5 Å². The highest BCUT2D eigenvalue weighted by molar-refractivity contribution is 8.00. The molecule has 3 heterocycles. The lowest BCUT2D eigenvalue weighted by Gasteiger charge is -2.43. The number of nitrogens with one attached hydrogen (secondary N) is 2. The zero-order chi connectivity index (χ0) is 35.1. The molecular formula is C35H27ClF3N3O6S2. The van der Waals surface area contributed by atoms with Crippen LogP contribution in [-0.4, -0.2) is 41.7 Å². The molecule has 9 nitrogen and oxygen atoms in total. The number of benzene rings is 3. The van der Waals surface area contributed by atoms with Crippen molar-refractivity contribution in [1.82, 2.24) is 4.98 Å². The van der Waals surface area contributed by atoms with Gasteiger partial charge in [-0.2, -0.15) is 13.2 Å². The number of aromatic nitrogens is 1. The van der Waals surface area contributed by atoms with Crippen molar-refractivity contribution in [3.05, 3.63) is 97.4 Å². The summed E-state index contributed by atoms with van der Waals surface area (Å²) in [6.45, 7) is -0.604. The van der Waals surface area contributed by atoms with E-state index in [1.165, 1.54) is 35.9 Å². The number of nitrogens with zero attached hydrogens (tertiary/aromatic N) is 1. The monoisotopic (exact) mass is 741 g/mol. The van der Waals surface area contributed by atoms with Crippen LogP contribution in [0.15, 0.2) is 76.6 Å². The zero-order valence-corrected chi connectivity index (χ0v) is 28.4. The summed E-state index contributed by atoms with van der Waals surface area (Å²) in [5.74, 6) is -2.49. The van der Waals surface area contributed by atoms with Crippen molar-refractivity contribution in [2.24, 2.45) is 29.6 Å². The Labute approximate surface area is 296 Å². The first-order chi connectivity index (χ1) is 23.9. The van der Waals surface area contributed by atoms with Crippen LogP contribution < -0.4 is 24.6 Å². The lowest BCUT2D eigenvalue weighted by atomic mass is 9.68. The first-order valence-electron chi connectivity index (χ1n) is 15.7. The topological polar surface area (TPSA) is 118 Å². The fourth-order valence-corrected chi connectivity index (χ4v) is 11.5. The first kappa shape index (κ1) is 32.9. The molecule has 3 aromatic carbocycles. The van der Waals surface area contributed by atoms with E-state index in [1.807, 2.05) is 0 Å². The van der Waals surface area contributed by atoms with Gasteiger partial charge in [-0.25, -0.2) is 0 Å². The largest absolute Gasteiger partial charge is 0.497 e. The van der Waals surface area contributed by atoms with Crippen LogP contribution in [0.3, 0.4) is 0 Å². The number of amides is 3. The number of imide groups is 1. The number of hydrogen-bond acceptors (Lipinski definition) is 8. The predicted octanol–water partition coefficient (Wildman–Crippen LogP) is 6.81. The summed E-state index contributed by atoms with van der Waals surface area (Å²) in [6.07, 6.45) is -4.02. The Morgan fingerprint density at radius 1 is 1.02 bits per heavy atom. The van der Waals surface area contributed by atoms with Crippen molar-refractivity contribution < 1.29 is 37.0 Å². The lowest BCUT2D eigenvalue weighted by Crippen LogP contribution is -2.42. The Kier molecular flexibility index (Phi) is 8.03. The van der Waals surface area contributed by atoms with Gasteiger partial charge in [0.15, 0.2) is 6.61 Å². The molecule has 2 aliphatic carbocycles. The van der Waals surface area contributed by atoms with Crippen LogP contribution >= 0.6 is 34.7 Å². The average Bonchev–Trinajstić information content (AvgIpc) is 3.82. The quantitative estimate of drug-likeness (QED) is 0.200. The van der Waals surface area contributed by atoms with E-state index in [2.05, 4.69) is 10.3 Å². The molecule has 4 unspecified atom stereocenters. The van der Waals surface area contributed by atoms with Crippen molar-refractivity contribution in [1.29, 1.82) is 0 Å². The molecule has 2 aliphatic heterocycles. The van der Waals surface area contributed by atoms with Crippen LogP contribution in [0, 0.1) is 29.6 Å². The molecule has 2 N–H and O–H groups in total. The molecule has 0 radical (unpaired) electrons. The Hall–Kier alpha value is -4.27. The Balaban J connectivity index is 1.12. The van der Waals surface area contributed by atoms with E-state index in [0.717, 1.165) is 28.3 Å². The zero-order valence-electron chi connectivity index (χ0n) is 26.0. The van der Waals surface area contributed by atoms with Gasteiger partial charge in [0, 0.05) is 26.6 Å². The van der Waals surface area contributed by atoms with Gasteiger partial charge in [-0.05, 0) is 78.8 Å². The maximum absolute atomic E-state index is 14.1. The highest BCUT2D eigenvalue weighted by atomic mass is 35.5. The number of hydrogen-bond donors (Lipinski definition) is 2. The molecule has 4 aliphatic rings. The number of carbonyl (C=O) groups is 3. The number of halogens is 4. The fourth-order valence-electron chi connectivity index (χ4n) is 8.41. The van der Waals surface area contributed by atoms with E-state index in [4.69, 9.17) is 21.1 Å². The van der Waals surface area contributed by atoms with E-state index >= 15 is 0 Å². The number of carbonyl (C=O) groups excluding carboxylic acids is 3. The third kappa shape index (κ3) is 5.30. The number of thioether (sulfide) groups is 1.